The molecule has 4 heterocycles. The van der Waals surface area contributed by atoms with Crippen molar-refractivity contribution in [2.24, 2.45) is 10.8 Å². The van der Waals surface area contributed by atoms with Crippen molar-refractivity contribution in [3.63, 3.8) is 0 Å². The Labute approximate surface area is 340 Å². The Morgan fingerprint density at radius 2 is 1.21 bits per heavy atom. The molecule has 2 aliphatic heterocycles. The number of alkyl halides is 12. The number of hydrogen-bond acceptors (Lipinski definition) is 6. The van der Waals surface area contributed by atoms with E-state index in [2.05, 4.69) is 20.8 Å². The number of nitrogens with zero attached hydrogens (tertiary/aromatic N) is 3. The summed E-state index contributed by atoms with van der Waals surface area (Å²) >= 11 is 0. The zero-order chi connectivity index (χ0) is 45.4. The summed E-state index contributed by atoms with van der Waals surface area (Å²) < 4.78 is 206. The first kappa shape index (κ1) is 43.0. The minimum Gasteiger partial charge on any atom is -0.342 e. The average Bonchev–Trinajstić information content (AvgIpc) is 3.69. The lowest BCUT2D eigenvalue weighted by molar-refractivity contribution is -0.146. The first-order chi connectivity index (χ1) is 28.5. The van der Waals surface area contributed by atoms with Crippen molar-refractivity contribution < 1.29 is 71.1 Å². The van der Waals surface area contributed by atoms with Crippen molar-refractivity contribution in [2.75, 3.05) is 10.6 Å². The third-order valence-electron chi connectivity index (χ3n) is 11.6. The highest BCUT2D eigenvalue weighted by atomic mass is 19.4. The van der Waals surface area contributed by atoms with E-state index in [-0.39, 0.29) is 30.3 Å². The monoisotopic (exact) mass is 892 g/mol. The van der Waals surface area contributed by atoms with Crippen molar-refractivity contribution in [3.05, 3.63) is 115 Å². The fraction of sp³-hybridized carbons (Fsp3) is 0.400. The van der Waals surface area contributed by atoms with Crippen LogP contribution in [0.3, 0.4) is 0 Å². The molecule has 4 aromatic rings. The van der Waals surface area contributed by atoms with Gasteiger partial charge in [0.2, 0.25) is 0 Å². The van der Waals surface area contributed by atoms with Gasteiger partial charge >= 0.3 is 24.7 Å². The third kappa shape index (κ3) is 7.21. The maximum atomic E-state index is 15.5. The van der Waals surface area contributed by atoms with Crippen LogP contribution in [0.5, 0.6) is 0 Å². The molecule has 2 aromatic carbocycles. The van der Waals surface area contributed by atoms with E-state index < -0.39 is 158 Å². The van der Waals surface area contributed by atoms with Crippen LogP contribution in [0.15, 0.2) is 58.9 Å². The van der Waals surface area contributed by atoms with E-state index >= 15 is 13.2 Å². The van der Waals surface area contributed by atoms with E-state index in [1.165, 1.54) is 6.92 Å². The molecule has 3 unspecified atom stereocenters. The molecule has 2 aliphatic carbocycles. The largest absolute Gasteiger partial charge is 0.433 e. The molecule has 62 heavy (non-hydrogen) atoms. The Bertz CT molecular complexity index is 2640. The molecule has 3 atom stereocenters. The maximum absolute atomic E-state index is 15.5. The number of halogens is 14. The number of benzene rings is 2. The van der Waals surface area contributed by atoms with Crippen LogP contribution >= 0.6 is 0 Å². The molecule has 8 nitrogen and oxygen atoms in total. The van der Waals surface area contributed by atoms with Gasteiger partial charge in [-0.25, -0.2) is 8.78 Å². The molecular formula is C40H30F14N6O2. The van der Waals surface area contributed by atoms with Gasteiger partial charge in [0.05, 0.1) is 11.1 Å². The summed E-state index contributed by atoms with van der Waals surface area (Å²) in [6.45, 7) is 3.70. The maximum Gasteiger partial charge on any atom is 0.433 e. The average molecular weight is 893 g/mol. The van der Waals surface area contributed by atoms with Crippen LogP contribution in [0.25, 0.3) is 0 Å². The number of ketones is 2. The van der Waals surface area contributed by atoms with Gasteiger partial charge < -0.3 is 10.6 Å². The molecule has 4 aliphatic rings. The van der Waals surface area contributed by atoms with Gasteiger partial charge in [0.15, 0.2) is 23.2 Å². The van der Waals surface area contributed by atoms with Crippen molar-refractivity contribution in [2.45, 2.75) is 89.5 Å². The molecular weight excluding hydrogens is 862 g/mol. The molecule has 8 rings (SSSR count). The van der Waals surface area contributed by atoms with Crippen molar-refractivity contribution in [1.82, 2.24) is 20.0 Å². The second-order valence-electron chi connectivity index (χ2n) is 17.0. The lowest BCUT2D eigenvalue weighted by atomic mass is 9.67. The first-order valence-corrected chi connectivity index (χ1v) is 18.6. The predicted octanol–water partition coefficient (Wildman–Crippen LogP) is 11.0. The zero-order valence-electron chi connectivity index (χ0n) is 32.1. The summed E-state index contributed by atoms with van der Waals surface area (Å²) in [5.74, 6) is -10.2. The number of rotatable bonds is 4. The van der Waals surface area contributed by atoms with Crippen molar-refractivity contribution in [1.29, 1.82) is 0 Å². The van der Waals surface area contributed by atoms with Gasteiger partial charge in [0.25, 0.3) is 0 Å². The minimum atomic E-state index is -5.44. The highest BCUT2D eigenvalue weighted by Crippen LogP contribution is 2.57. The van der Waals surface area contributed by atoms with Gasteiger partial charge in [-0.2, -0.15) is 62.9 Å². The van der Waals surface area contributed by atoms with Gasteiger partial charge in [-0.15, -0.1) is 0 Å². The van der Waals surface area contributed by atoms with E-state index in [0.29, 0.717) is 35.0 Å². The Morgan fingerprint density at radius 1 is 0.645 bits per heavy atom. The van der Waals surface area contributed by atoms with Crippen LogP contribution in [-0.2, 0) is 40.8 Å². The van der Waals surface area contributed by atoms with Gasteiger partial charge in [-0.3, -0.25) is 19.4 Å². The Morgan fingerprint density at radius 3 is 1.82 bits per heavy atom. The van der Waals surface area contributed by atoms with E-state index in [0.717, 1.165) is 0 Å². The number of hydrogen-bond donors (Lipinski definition) is 3. The van der Waals surface area contributed by atoms with E-state index in [1.807, 2.05) is 0 Å². The number of anilines is 2. The summed E-state index contributed by atoms with van der Waals surface area (Å²) in [6.07, 6.45) is -23.0. The smallest absolute Gasteiger partial charge is 0.342 e. The van der Waals surface area contributed by atoms with Crippen molar-refractivity contribution in [3.8, 4) is 0 Å². The van der Waals surface area contributed by atoms with Gasteiger partial charge in [0, 0.05) is 64.9 Å². The lowest BCUT2D eigenvalue weighted by Gasteiger charge is -2.40. The van der Waals surface area contributed by atoms with Crippen LogP contribution in [-0.4, -0.2) is 31.5 Å². The molecule has 0 bridgehead atoms. The highest BCUT2D eigenvalue weighted by Gasteiger charge is 2.54. The van der Waals surface area contributed by atoms with Crippen LogP contribution in [0.2, 0.25) is 0 Å². The predicted molar refractivity (Wildman–Crippen MR) is 189 cm³/mol. The molecule has 0 amide bonds. The van der Waals surface area contributed by atoms with E-state index in [9.17, 15) is 57.9 Å². The Kier molecular flexibility index (Phi) is 9.46. The lowest BCUT2D eigenvalue weighted by Crippen LogP contribution is -2.39. The second kappa shape index (κ2) is 13.6. The second-order valence-corrected chi connectivity index (χ2v) is 17.0. The van der Waals surface area contributed by atoms with Gasteiger partial charge in [0.1, 0.15) is 23.0 Å². The number of H-pyrrole nitrogens is 1. The summed E-state index contributed by atoms with van der Waals surface area (Å²) in [5.41, 5.74) is -14.3. The molecule has 0 radical (unpaired) electrons. The van der Waals surface area contributed by atoms with Crippen LogP contribution < -0.4 is 10.6 Å². The molecule has 0 spiro atoms. The topological polar surface area (TPSA) is 105 Å². The quantitative estimate of drug-likeness (QED) is 0.176. The number of carbonyl (C=O) groups is 2. The summed E-state index contributed by atoms with van der Waals surface area (Å²) in [6, 6.07) is 2.40. The van der Waals surface area contributed by atoms with E-state index in [1.54, 1.807) is 18.9 Å². The number of nitrogens with one attached hydrogen (secondary N) is 3. The molecule has 3 N–H and O–H groups in total. The number of allylic oxidation sites excluding steroid dienone is 4. The SMILES string of the molecule is CC1(C)CC(=O)C2=C(C1)Nc1nn(CC3(C)CC(=O)C4=C(C3)Nc3n[nH]c(C(F)(F)F)c3C4c3cc(F)ccc3C(F)(F)F)c(C(F)(F)F)c1C2c1ccc(F)cc1C(F)(F)F. The van der Waals surface area contributed by atoms with Crippen LogP contribution in [0, 0.1) is 22.5 Å². The fourth-order valence-corrected chi connectivity index (χ4v) is 9.39. The third-order valence-corrected chi connectivity index (χ3v) is 11.6. The highest BCUT2D eigenvalue weighted by molar-refractivity contribution is 6.02. The molecule has 2 aromatic heterocycles. The first-order valence-electron chi connectivity index (χ1n) is 18.6. The fourth-order valence-electron chi connectivity index (χ4n) is 9.39. The number of fused-ring (bicyclic) bond motifs is 2. The number of carbonyl (C=O) groups excluding carboxylic acids is 2. The molecule has 0 fully saturated rings. The standard InChI is InChI=1S/C40H30F14N6O2/c1-35(2)10-21-27(23(61)12-35)25(17-6-4-16(42)9-20(17)38(46,47)48)30-32(40(52,53)54)60(59-34(30)56-21)14-36(3)11-22-28(24(62)13-36)26(18-8-15(41)5-7-19(18)37(43,44)45)29-31(39(49,50)51)57-58-33(29)55-22/h4-9,25-26H,10-14H2,1-3H3,(H,56,59)(H2,55,57,58). The van der Waals surface area contributed by atoms with Crippen molar-refractivity contribution >= 4 is 23.2 Å². The minimum absolute atomic E-state index is 0.0190. The molecule has 330 valence electrons. The summed E-state index contributed by atoms with van der Waals surface area (Å²) in [4.78, 5) is 28.0. The zero-order valence-corrected chi connectivity index (χ0v) is 32.1. The summed E-state index contributed by atoms with van der Waals surface area (Å²) in [5, 5.41) is 14.7. The van der Waals surface area contributed by atoms with E-state index in [4.69, 9.17) is 0 Å². The Hall–Kier alpha value is -5.70. The summed E-state index contributed by atoms with van der Waals surface area (Å²) in [7, 11) is 0. The number of aromatic nitrogens is 4. The van der Waals surface area contributed by atoms with Crippen LogP contribution in [0.4, 0.5) is 73.1 Å². The number of Topliss-reactive ketones (excluding diaryl/α,β-unsaturated/α-hetero) is 2. The molecule has 0 saturated carbocycles. The number of aromatic amines is 1. The molecule has 22 heteroatoms. The van der Waals surface area contributed by atoms with Gasteiger partial charge in [-0.05, 0) is 65.1 Å². The Balaban J connectivity index is 1.29. The van der Waals surface area contributed by atoms with Crippen LogP contribution in [0.1, 0.15) is 103 Å². The van der Waals surface area contributed by atoms with Gasteiger partial charge in [-0.1, -0.05) is 26.8 Å². The molecule has 0 saturated heterocycles. The normalized spacial score (nSPS) is 22.8.